The third-order valence-corrected chi connectivity index (χ3v) is 3.46. The van der Waals surface area contributed by atoms with Crippen molar-refractivity contribution in [1.29, 1.82) is 0 Å². The number of hydrogen-bond acceptors (Lipinski definition) is 6. The molecule has 1 aromatic rings. The van der Waals surface area contributed by atoms with Gasteiger partial charge in [0.15, 0.2) is 5.13 Å². The summed E-state index contributed by atoms with van der Waals surface area (Å²) in [6.07, 6.45) is 0.245. The number of ether oxygens (including phenoxy) is 1. The van der Waals surface area contributed by atoms with Crippen molar-refractivity contribution in [3.8, 4) is 0 Å². The topological polar surface area (TPSA) is 54.5 Å². The van der Waals surface area contributed by atoms with Crippen LogP contribution in [0.4, 0.5) is 5.13 Å². The highest BCUT2D eigenvalue weighted by Gasteiger charge is 2.09. The van der Waals surface area contributed by atoms with Gasteiger partial charge < -0.3 is 15.0 Å². The number of nitrogens with one attached hydrogen (secondary N) is 1. The summed E-state index contributed by atoms with van der Waals surface area (Å²) in [6.45, 7) is 5.18. The van der Waals surface area contributed by atoms with Crippen molar-refractivity contribution in [1.82, 2.24) is 9.88 Å². The highest BCUT2D eigenvalue weighted by molar-refractivity contribution is 7.13. The van der Waals surface area contributed by atoms with Crippen molar-refractivity contribution < 1.29 is 9.53 Å². The fourth-order valence-electron chi connectivity index (χ4n) is 1.25. The molecule has 0 aliphatic carbocycles. The molecule has 18 heavy (non-hydrogen) atoms. The first-order valence-electron chi connectivity index (χ1n) is 6.03. The molecule has 1 rings (SSSR count). The molecule has 0 amide bonds. The number of thiazole rings is 1. The zero-order valence-electron chi connectivity index (χ0n) is 11.4. The second kappa shape index (κ2) is 7.33. The van der Waals surface area contributed by atoms with Crippen LogP contribution in [0.25, 0.3) is 0 Å². The Morgan fingerprint density at radius 2 is 2.33 bits per heavy atom. The molecule has 0 bridgehead atoms. The number of esters is 1. The maximum atomic E-state index is 11.3. The first-order chi connectivity index (χ1) is 8.52. The van der Waals surface area contributed by atoms with Crippen LogP contribution in [-0.2, 0) is 16.0 Å². The molecule has 102 valence electrons. The highest BCUT2D eigenvalue weighted by atomic mass is 32.1. The van der Waals surface area contributed by atoms with Gasteiger partial charge in [0.2, 0.25) is 0 Å². The van der Waals surface area contributed by atoms with Gasteiger partial charge in [0.1, 0.15) is 0 Å². The minimum atomic E-state index is -0.226. The average molecular weight is 271 g/mol. The molecule has 1 aromatic heterocycles. The maximum Gasteiger partial charge on any atom is 0.311 e. The Morgan fingerprint density at radius 1 is 1.61 bits per heavy atom. The number of carbonyl (C=O) groups excluding carboxylic acids is 1. The molecule has 1 atom stereocenters. The van der Waals surface area contributed by atoms with Crippen LogP contribution in [0.3, 0.4) is 0 Å². The summed E-state index contributed by atoms with van der Waals surface area (Å²) in [7, 11) is 4.08. The Labute approximate surface area is 112 Å². The van der Waals surface area contributed by atoms with E-state index < -0.39 is 0 Å². The third kappa shape index (κ3) is 5.01. The van der Waals surface area contributed by atoms with Crippen LogP contribution in [-0.4, -0.2) is 49.1 Å². The predicted molar refractivity (Wildman–Crippen MR) is 74.1 cm³/mol. The van der Waals surface area contributed by atoms with Crippen molar-refractivity contribution in [2.24, 2.45) is 0 Å². The van der Waals surface area contributed by atoms with Crippen LogP contribution >= 0.6 is 11.3 Å². The molecule has 6 heteroatoms. The minimum absolute atomic E-state index is 0.226. The van der Waals surface area contributed by atoms with Gasteiger partial charge in [-0.05, 0) is 27.9 Å². The summed E-state index contributed by atoms with van der Waals surface area (Å²) in [6, 6.07) is 0.433. The Hall–Kier alpha value is -1.14. The molecule has 0 spiro atoms. The van der Waals surface area contributed by atoms with E-state index in [-0.39, 0.29) is 12.4 Å². The first kappa shape index (κ1) is 14.9. The fourth-order valence-corrected chi connectivity index (χ4v) is 1.97. The molecule has 0 aliphatic heterocycles. The molecule has 0 fully saturated rings. The molecule has 0 saturated carbocycles. The third-order valence-electron chi connectivity index (χ3n) is 2.61. The second-order valence-corrected chi connectivity index (χ2v) is 5.18. The van der Waals surface area contributed by atoms with Crippen molar-refractivity contribution in [3.05, 3.63) is 11.1 Å². The summed E-state index contributed by atoms with van der Waals surface area (Å²) < 4.78 is 4.88. The van der Waals surface area contributed by atoms with Crippen molar-refractivity contribution in [2.75, 3.05) is 32.6 Å². The molecule has 1 heterocycles. The van der Waals surface area contributed by atoms with Gasteiger partial charge in [-0.15, -0.1) is 11.3 Å². The normalized spacial score (nSPS) is 12.5. The Bertz CT molecular complexity index is 379. The number of likely N-dealkylation sites (N-methyl/N-ethyl adjacent to an activating group) is 1. The Morgan fingerprint density at radius 3 is 2.94 bits per heavy atom. The van der Waals surface area contributed by atoms with Gasteiger partial charge in [-0.2, -0.15) is 0 Å². The number of anilines is 1. The molecule has 1 unspecified atom stereocenters. The van der Waals surface area contributed by atoms with Gasteiger partial charge in [0, 0.05) is 18.0 Å². The van der Waals surface area contributed by atoms with Gasteiger partial charge in [-0.1, -0.05) is 0 Å². The molecular weight excluding hydrogens is 250 g/mol. The predicted octanol–water partition coefficient (Wildman–Crippen LogP) is 1.61. The van der Waals surface area contributed by atoms with E-state index >= 15 is 0 Å². The summed E-state index contributed by atoms with van der Waals surface area (Å²) in [4.78, 5) is 17.8. The summed E-state index contributed by atoms with van der Waals surface area (Å²) in [5.74, 6) is -0.226. The summed E-state index contributed by atoms with van der Waals surface area (Å²) in [5, 5.41) is 6.00. The fraction of sp³-hybridized carbons (Fsp3) is 0.667. The molecular formula is C12H21N3O2S. The van der Waals surface area contributed by atoms with E-state index in [1.807, 2.05) is 19.5 Å². The lowest BCUT2D eigenvalue weighted by atomic mass is 10.3. The van der Waals surface area contributed by atoms with Crippen LogP contribution in [0, 0.1) is 0 Å². The summed E-state index contributed by atoms with van der Waals surface area (Å²) >= 11 is 1.51. The molecule has 5 nitrogen and oxygen atoms in total. The van der Waals surface area contributed by atoms with Crippen LogP contribution < -0.4 is 5.32 Å². The number of rotatable bonds is 7. The number of carbonyl (C=O) groups is 1. The lowest BCUT2D eigenvalue weighted by Gasteiger charge is -2.19. The molecule has 0 aromatic carbocycles. The summed E-state index contributed by atoms with van der Waals surface area (Å²) in [5.41, 5.74) is 0.762. The number of aromatic nitrogens is 1. The lowest BCUT2D eigenvalue weighted by molar-refractivity contribution is -0.142. The van der Waals surface area contributed by atoms with Crippen molar-refractivity contribution in [3.63, 3.8) is 0 Å². The smallest absolute Gasteiger partial charge is 0.311 e. The van der Waals surface area contributed by atoms with Gasteiger partial charge in [0.25, 0.3) is 0 Å². The van der Waals surface area contributed by atoms with Crippen molar-refractivity contribution in [2.45, 2.75) is 26.3 Å². The first-order valence-corrected chi connectivity index (χ1v) is 6.91. The maximum absolute atomic E-state index is 11.3. The second-order valence-electron chi connectivity index (χ2n) is 4.32. The molecule has 1 N–H and O–H groups in total. The van der Waals surface area contributed by atoms with E-state index in [1.165, 1.54) is 11.3 Å². The lowest BCUT2D eigenvalue weighted by Crippen LogP contribution is -2.31. The average Bonchev–Trinajstić information content (AvgIpc) is 2.73. The van der Waals surface area contributed by atoms with Crippen LogP contribution in [0.1, 0.15) is 19.5 Å². The monoisotopic (exact) mass is 271 g/mol. The van der Waals surface area contributed by atoms with E-state index in [0.29, 0.717) is 12.6 Å². The van der Waals surface area contributed by atoms with Gasteiger partial charge >= 0.3 is 5.97 Å². The minimum Gasteiger partial charge on any atom is -0.466 e. The van der Waals surface area contributed by atoms with E-state index in [9.17, 15) is 4.79 Å². The molecule has 0 saturated heterocycles. The Kier molecular flexibility index (Phi) is 6.07. The van der Waals surface area contributed by atoms with E-state index in [1.54, 1.807) is 6.92 Å². The number of nitrogens with zero attached hydrogens (tertiary/aromatic N) is 2. The van der Waals surface area contributed by atoms with Gasteiger partial charge in [-0.25, -0.2) is 4.98 Å². The van der Waals surface area contributed by atoms with Crippen molar-refractivity contribution >= 4 is 22.4 Å². The highest BCUT2D eigenvalue weighted by Crippen LogP contribution is 2.16. The standard InChI is InChI=1S/C12H21N3O2S/c1-5-17-11(16)6-10-8-18-12(14-10)13-7-9(2)15(3)4/h8-9H,5-7H2,1-4H3,(H,13,14). The molecule has 0 aliphatic rings. The van der Waals surface area contributed by atoms with Crippen LogP contribution in [0.2, 0.25) is 0 Å². The van der Waals surface area contributed by atoms with Gasteiger partial charge in [0.05, 0.1) is 18.7 Å². The van der Waals surface area contributed by atoms with E-state index in [2.05, 4.69) is 22.1 Å². The SMILES string of the molecule is CCOC(=O)Cc1csc(NCC(C)N(C)C)n1. The number of hydrogen-bond donors (Lipinski definition) is 1. The largest absolute Gasteiger partial charge is 0.466 e. The molecule has 0 radical (unpaired) electrons. The van der Waals surface area contributed by atoms with E-state index in [0.717, 1.165) is 17.4 Å². The van der Waals surface area contributed by atoms with E-state index in [4.69, 9.17) is 4.74 Å². The zero-order valence-corrected chi connectivity index (χ0v) is 12.2. The van der Waals surface area contributed by atoms with Crippen LogP contribution in [0.15, 0.2) is 5.38 Å². The van der Waals surface area contributed by atoms with Crippen LogP contribution in [0.5, 0.6) is 0 Å². The zero-order chi connectivity index (χ0) is 13.5. The van der Waals surface area contributed by atoms with Gasteiger partial charge in [-0.3, -0.25) is 4.79 Å². The Balaban J connectivity index is 2.41. The quantitative estimate of drug-likeness (QED) is 0.764.